The Kier molecular flexibility index (Phi) is 3.94. The molecule has 1 aromatic rings. The van der Waals surface area contributed by atoms with Crippen molar-refractivity contribution in [3.63, 3.8) is 0 Å². The monoisotopic (exact) mass is 228 g/mol. The number of hydrogen-bond donors (Lipinski definition) is 2. The van der Waals surface area contributed by atoms with E-state index in [1.165, 1.54) is 0 Å². The van der Waals surface area contributed by atoms with Crippen LogP contribution in [-0.4, -0.2) is 30.6 Å². The number of nitrogens with one attached hydrogen (secondary N) is 1. The van der Waals surface area contributed by atoms with E-state index < -0.39 is 0 Å². The zero-order valence-electron chi connectivity index (χ0n) is 8.14. The quantitative estimate of drug-likeness (QED) is 0.746. The van der Waals surface area contributed by atoms with Gasteiger partial charge in [-0.25, -0.2) is 0 Å². The van der Waals surface area contributed by atoms with Gasteiger partial charge in [-0.3, -0.25) is 4.79 Å². The maximum absolute atomic E-state index is 11.5. The third kappa shape index (κ3) is 2.61. The molecule has 1 heterocycles. The number of phenols is 1. The largest absolute Gasteiger partial charge is 0.508 e. The van der Waals surface area contributed by atoms with Crippen molar-refractivity contribution in [2.75, 3.05) is 24.5 Å². The Balaban J connectivity index is 0.00000112. The molecule has 15 heavy (non-hydrogen) atoms. The normalized spacial score (nSPS) is 16.0. The van der Waals surface area contributed by atoms with Crippen LogP contribution < -0.4 is 10.2 Å². The summed E-state index contributed by atoms with van der Waals surface area (Å²) < 4.78 is 0. The van der Waals surface area contributed by atoms with Gasteiger partial charge in [0.15, 0.2) is 0 Å². The van der Waals surface area contributed by atoms with Crippen molar-refractivity contribution >= 4 is 24.0 Å². The number of amides is 1. The molecule has 0 aromatic heterocycles. The number of aromatic hydroxyl groups is 1. The molecule has 0 radical (unpaired) electrons. The third-order valence-electron chi connectivity index (χ3n) is 2.25. The van der Waals surface area contributed by atoms with Crippen LogP contribution in [-0.2, 0) is 4.79 Å². The summed E-state index contributed by atoms with van der Waals surface area (Å²) in [6.07, 6.45) is 0. The highest BCUT2D eigenvalue weighted by Gasteiger charge is 2.18. The molecule has 4 nitrogen and oxygen atoms in total. The first-order chi connectivity index (χ1) is 6.77. The van der Waals surface area contributed by atoms with E-state index >= 15 is 0 Å². The van der Waals surface area contributed by atoms with Gasteiger partial charge < -0.3 is 15.3 Å². The molecule has 1 saturated heterocycles. The van der Waals surface area contributed by atoms with E-state index in [0.717, 1.165) is 12.2 Å². The fourth-order valence-electron chi connectivity index (χ4n) is 1.51. The van der Waals surface area contributed by atoms with Crippen LogP contribution in [0.3, 0.4) is 0 Å². The predicted molar refractivity (Wildman–Crippen MR) is 60.6 cm³/mol. The molecule has 0 aliphatic carbocycles. The summed E-state index contributed by atoms with van der Waals surface area (Å²) in [6, 6.07) is 6.67. The first kappa shape index (κ1) is 11.8. The minimum atomic E-state index is 0. The fourth-order valence-corrected chi connectivity index (χ4v) is 1.51. The van der Waals surface area contributed by atoms with Gasteiger partial charge in [0.25, 0.3) is 0 Å². The number of carbonyl (C=O) groups excluding carboxylic acids is 1. The molecule has 0 atom stereocenters. The van der Waals surface area contributed by atoms with Crippen LogP contribution in [0.5, 0.6) is 5.75 Å². The van der Waals surface area contributed by atoms with Gasteiger partial charge in [-0.05, 0) is 24.3 Å². The van der Waals surface area contributed by atoms with E-state index in [9.17, 15) is 4.79 Å². The molecule has 2 N–H and O–H groups in total. The van der Waals surface area contributed by atoms with Crippen molar-refractivity contribution in [3.8, 4) is 5.75 Å². The van der Waals surface area contributed by atoms with E-state index in [4.69, 9.17) is 5.11 Å². The number of halogens is 1. The van der Waals surface area contributed by atoms with E-state index in [1.54, 1.807) is 29.2 Å². The van der Waals surface area contributed by atoms with E-state index in [0.29, 0.717) is 13.1 Å². The van der Waals surface area contributed by atoms with Gasteiger partial charge >= 0.3 is 0 Å². The molecule has 1 aliphatic heterocycles. The van der Waals surface area contributed by atoms with Gasteiger partial charge in [-0.1, -0.05) is 0 Å². The van der Waals surface area contributed by atoms with Crippen LogP contribution in [0.4, 0.5) is 5.69 Å². The second-order valence-corrected chi connectivity index (χ2v) is 3.24. The number of hydrogen-bond acceptors (Lipinski definition) is 3. The van der Waals surface area contributed by atoms with Gasteiger partial charge in [0.1, 0.15) is 5.75 Å². The molecule has 0 bridgehead atoms. The molecular weight excluding hydrogens is 216 g/mol. The Morgan fingerprint density at radius 3 is 2.53 bits per heavy atom. The zero-order chi connectivity index (χ0) is 9.97. The molecule has 0 unspecified atom stereocenters. The van der Waals surface area contributed by atoms with Gasteiger partial charge in [-0.15, -0.1) is 12.4 Å². The first-order valence-electron chi connectivity index (χ1n) is 4.57. The summed E-state index contributed by atoms with van der Waals surface area (Å²) in [4.78, 5) is 13.2. The van der Waals surface area contributed by atoms with Crippen LogP contribution in [0, 0.1) is 0 Å². The molecule has 5 heteroatoms. The van der Waals surface area contributed by atoms with Gasteiger partial charge in [0, 0.05) is 18.8 Å². The van der Waals surface area contributed by atoms with Gasteiger partial charge in [-0.2, -0.15) is 0 Å². The maximum atomic E-state index is 11.5. The van der Waals surface area contributed by atoms with Crippen molar-refractivity contribution in [3.05, 3.63) is 24.3 Å². The lowest BCUT2D eigenvalue weighted by Crippen LogP contribution is -2.48. The standard InChI is InChI=1S/C10H12N2O2.ClH/c13-9-3-1-8(2-4-9)12-6-5-11-7-10(12)14;/h1-4,11,13H,5-7H2;1H. The van der Waals surface area contributed by atoms with Crippen molar-refractivity contribution in [2.45, 2.75) is 0 Å². The highest BCUT2D eigenvalue weighted by atomic mass is 35.5. The average molecular weight is 229 g/mol. The smallest absolute Gasteiger partial charge is 0.240 e. The lowest BCUT2D eigenvalue weighted by atomic mass is 10.2. The molecule has 0 spiro atoms. The fraction of sp³-hybridized carbons (Fsp3) is 0.300. The molecule has 1 amide bonds. The lowest BCUT2D eigenvalue weighted by molar-refractivity contribution is -0.118. The van der Waals surface area contributed by atoms with Gasteiger partial charge in [0.05, 0.1) is 6.54 Å². The molecule has 0 saturated carbocycles. The highest BCUT2D eigenvalue weighted by Crippen LogP contribution is 2.18. The van der Waals surface area contributed by atoms with E-state index in [-0.39, 0.29) is 24.1 Å². The third-order valence-corrected chi connectivity index (χ3v) is 2.25. The van der Waals surface area contributed by atoms with Crippen LogP contribution in [0.2, 0.25) is 0 Å². The minimum absolute atomic E-state index is 0. The Bertz CT molecular complexity index is 340. The number of rotatable bonds is 1. The first-order valence-corrected chi connectivity index (χ1v) is 4.57. The second-order valence-electron chi connectivity index (χ2n) is 3.24. The molecular formula is C10H13ClN2O2. The number of piperazine rings is 1. The molecule has 82 valence electrons. The number of nitrogens with zero attached hydrogens (tertiary/aromatic N) is 1. The number of carbonyl (C=O) groups is 1. The van der Waals surface area contributed by atoms with Crippen molar-refractivity contribution in [1.82, 2.24) is 5.32 Å². The Morgan fingerprint density at radius 2 is 1.93 bits per heavy atom. The number of phenolic OH excluding ortho intramolecular Hbond substituents is 1. The van der Waals surface area contributed by atoms with Crippen molar-refractivity contribution < 1.29 is 9.90 Å². The maximum Gasteiger partial charge on any atom is 0.240 e. The van der Waals surface area contributed by atoms with Gasteiger partial charge in [0.2, 0.25) is 5.91 Å². The highest BCUT2D eigenvalue weighted by molar-refractivity contribution is 5.95. The van der Waals surface area contributed by atoms with E-state index in [2.05, 4.69) is 5.32 Å². The number of anilines is 1. The molecule has 1 aromatic carbocycles. The van der Waals surface area contributed by atoms with Crippen LogP contribution >= 0.6 is 12.4 Å². The van der Waals surface area contributed by atoms with Crippen LogP contribution in [0.25, 0.3) is 0 Å². The Labute approximate surface area is 94.3 Å². The zero-order valence-corrected chi connectivity index (χ0v) is 8.96. The van der Waals surface area contributed by atoms with Crippen molar-refractivity contribution in [2.24, 2.45) is 0 Å². The summed E-state index contributed by atoms with van der Waals surface area (Å²) in [6.45, 7) is 1.89. The summed E-state index contributed by atoms with van der Waals surface area (Å²) >= 11 is 0. The summed E-state index contributed by atoms with van der Waals surface area (Å²) in [5, 5.41) is 12.1. The summed E-state index contributed by atoms with van der Waals surface area (Å²) in [5.74, 6) is 0.290. The average Bonchev–Trinajstić information content (AvgIpc) is 2.20. The number of benzene rings is 1. The second kappa shape index (κ2) is 5.00. The van der Waals surface area contributed by atoms with Crippen LogP contribution in [0.1, 0.15) is 0 Å². The minimum Gasteiger partial charge on any atom is -0.508 e. The summed E-state index contributed by atoms with van der Waals surface area (Å²) in [5.41, 5.74) is 0.842. The molecule has 1 fully saturated rings. The lowest BCUT2D eigenvalue weighted by Gasteiger charge is -2.27. The predicted octanol–water partition coefficient (Wildman–Crippen LogP) is 0.750. The topological polar surface area (TPSA) is 52.6 Å². The van der Waals surface area contributed by atoms with Crippen LogP contribution in [0.15, 0.2) is 24.3 Å². The Morgan fingerprint density at radius 1 is 1.27 bits per heavy atom. The van der Waals surface area contributed by atoms with Crippen molar-refractivity contribution in [1.29, 1.82) is 0 Å². The molecule has 2 rings (SSSR count). The summed E-state index contributed by atoms with van der Waals surface area (Å²) in [7, 11) is 0. The Hall–Kier alpha value is -1.26. The molecule has 1 aliphatic rings. The van der Waals surface area contributed by atoms with E-state index in [1.807, 2.05) is 0 Å². The SMILES string of the molecule is Cl.O=C1CNCCN1c1ccc(O)cc1.